The lowest BCUT2D eigenvalue weighted by Crippen LogP contribution is -2.25. The smallest absolute Gasteiger partial charge is 0.0991 e. The van der Waals surface area contributed by atoms with Crippen molar-refractivity contribution in [1.82, 2.24) is 4.72 Å². The van der Waals surface area contributed by atoms with Crippen LogP contribution in [0.3, 0.4) is 0 Å². The summed E-state index contributed by atoms with van der Waals surface area (Å²) >= 11 is 0. The largest absolute Gasteiger partial charge is 0.243 e. The SMILES string of the molecule is Cc1cc(C#N)cc(C(C)NS(=O)CC(C)C)c1. The average molecular weight is 264 g/mol. The van der Waals surface area contributed by atoms with Crippen LogP contribution in [0.25, 0.3) is 0 Å². The van der Waals surface area contributed by atoms with Gasteiger partial charge in [-0.3, -0.25) is 0 Å². The van der Waals surface area contributed by atoms with Crippen molar-refractivity contribution >= 4 is 11.0 Å². The highest BCUT2D eigenvalue weighted by atomic mass is 32.2. The zero-order valence-electron chi connectivity index (χ0n) is 11.4. The van der Waals surface area contributed by atoms with E-state index in [0.717, 1.165) is 11.1 Å². The summed E-state index contributed by atoms with van der Waals surface area (Å²) in [6, 6.07) is 7.84. The van der Waals surface area contributed by atoms with Crippen molar-refractivity contribution in [2.75, 3.05) is 5.75 Å². The maximum Gasteiger partial charge on any atom is 0.0991 e. The Morgan fingerprint density at radius 1 is 1.33 bits per heavy atom. The molecule has 1 rings (SSSR count). The van der Waals surface area contributed by atoms with Crippen LogP contribution in [0.2, 0.25) is 0 Å². The summed E-state index contributed by atoms with van der Waals surface area (Å²) in [7, 11) is -1.03. The Balaban J connectivity index is 2.78. The highest BCUT2D eigenvalue weighted by Gasteiger charge is 2.11. The van der Waals surface area contributed by atoms with E-state index >= 15 is 0 Å². The molecule has 0 aromatic heterocycles. The number of rotatable bonds is 5. The van der Waals surface area contributed by atoms with Crippen LogP contribution in [0, 0.1) is 24.2 Å². The third-order valence-corrected chi connectivity index (χ3v) is 4.11. The molecule has 1 N–H and O–H groups in total. The third kappa shape index (κ3) is 4.59. The predicted molar refractivity (Wildman–Crippen MR) is 75.3 cm³/mol. The average Bonchev–Trinajstić information content (AvgIpc) is 2.26. The standard InChI is InChI=1S/C14H20N2OS/c1-10(2)9-18(17)16-12(4)14-6-11(3)5-13(7-14)8-15/h5-7,10,12,16H,9H2,1-4H3. The van der Waals surface area contributed by atoms with E-state index in [2.05, 4.69) is 10.8 Å². The molecule has 0 fully saturated rings. The van der Waals surface area contributed by atoms with Gasteiger partial charge >= 0.3 is 0 Å². The quantitative estimate of drug-likeness (QED) is 0.889. The maximum atomic E-state index is 11.8. The minimum atomic E-state index is -1.03. The summed E-state index contributed by atoms with van der Waals surface area (Å²) in [5.41, 5.74) is 2.70. The molecule has 0 saturated heterocycles. The molecular formula is C14H20N2OS. The minimum absolute atomic E-state index is 0.0171. The van der Waals surface area contributed by atoms with Gasteiger partial charge in [0.25, 0.3) is 0 Å². The molecule has 0 aliphatic rings. The number of nitriles is 1. The zero-order chi connectivity index (χ0) is 13.7. The summed E-state index contributed by atoms with van der Waals surface area (Å²) in [5.74, 6) is 1.04. The fraction of sp³-hybridized carbons (Fsp3) is 0.500. The first-order chi connectivity index (χ1) is 8.42. The van der Waals surface area contributed by atoms with Gasteiger partial charge in [0.1, 0.15) is 0 Å². The Hall–Kier alpha value is -1.18. The second-order valence-electron chi connectivity index (χ2n) is 4.99. The monoisotopic (exact) mass is 264 g/mol. The molecule has 0 aliphatic carbocycles. The molecular weight excluding hydrogens is 244 g/mol. The molecule has 3 nitrogen and oxygen atoms in total. The summed E-state index contributed by atoms with van der Waals surface area (Å²) in [6.45, 7) is 8.02. The number of benzene rings is 1. The normalized spacial score (nSPS) is 14.2. The lowest BCUT2D eigenvalue weighted by atomic mass is 10.0. The molecule has 0 spiro atoms. The summed E-state index contributed by atoms with van der Waals surface area (Å²) in [6.07, 6.45) is 0. The minimum Gasteiger partial charge on any atom is -0.243 e. The van der Waals surface area contributed by atoms with Crippen LogP contribution in [0.4, 0.5) is 0 Å². The fourth-order valence-corrected chi connectivity index (χ4v) is 2.98. The van der Waals surface area contributed by atoms with Crippen molar-refractivity contribution in [2.45, 2.75) is 33.7 Å². The molecule has 1 aromatic rings. The first kappa shape index (κ1) is 14.9. The predicted octanol–water partition coefficient (Wildman–Crippen LogP) is 2.84. The molecule has 0 heterocycles. The van der Waals surface area contributed by atoms with Crippen molar-refractivity contribution in [1.29, 1.82) is 5.26 Å². The molecule has 0 bridgehead atoms. The van der Waals surface area contributed by atoms with Crippen LogP contribution in [0.5, 0.6) is 0 Å². The Morgan fingerprint density at radius 2 is 2.00 bits per heavy atom. The lowest BCUT2D eigenvalue weighted by molar-refractivity contribution is 0.635. The molecule has 0 amide bonds. The zero-order valence-corrected chi connectivity index (χ0v) is 12.2. The fourth-order valence-electron chi connectivity index (χ4n) is 1.74. The molecule has 0 radical (unpaired) electrons. The molecule has 98 valence electrons. The van der Waals surface area contributed by atoms with E-state index in [1.807, 2.05) is 45.9 Å². The van der Waals surface area contributed by atoms with E-state index < -0.39 is 11.0 Å². The first-order valence-electron chi connectivity index (χ1n) is 6.08. The van der Waals surface area contributed by atoms with Crippen molar-refractivity contribution in [3.05, 3.63) is 34.9 Å². The number of hydrogen-bond acceptors (Lipinski definition) is 2. The van der Waals surface area contributed by atoms with Crippen LogP contribution in [-0.2, 0) is 11.0 Å². The van der Waals surface area contributed by atoms with E-state index in [-0.39, 0.29) is 6.04 Å². The number of nitrogens with zero attached hydrogens (tertiary/aromatic N) is 1. The van der Waals surface area contributed by atoms with E-state index in [0.29, 0.717) is 17.2 Å². The van der Waals surface area contributed by atoms with Crippen LogP contribution in [0.1, 0.15) is 43.5 Å². The van der Waals surface area contributed by atoms with E-state index in [1.54, 1.807) is 0 Å². The van der Waals surface area contributed by atoms with Gasteiger partial charge < -0.3 is 0 Å². The Kier molecular flexibility index (Phi) is 5.52. The lowest BCUT2D eigenvalue weighted by Gasteiger charge is -2.15. The number of hydrogen-bond donors (Lipinski definition) is 1. The summed E-state index contributed by atoms with van der Waals surface area (Å²) in [4.78, 5) is 0. The van der Waals surface area contributed by atoms with Gasteiger partial charge in [-0.05, 0) is 43.0 Å². The van der Waals surface area contributed by atoms with Gasteiger partial charge in [-0.2, -0.15) is 5.26 Å². The number of nitrogens with one attached hydrogen (secondary N) is 1. The summed E-state index contributed by atoms with van der Waals surface area (Å²) in [5, 5.41) is 8.94. The summed E-state index contributed by atoms with van der Waals surface area (Å²) < 4.78 is 14.9. The van der Waals surface area contributed by atoms with E-state index in [4.69, 9.17) is 5.26 Å². The van der Waals surface area contributed by atoms with Gasteiger partial charge in [0.15, 0.2) is 0 Å². The molecule has 2 unspecified atom stereocenters. The van der Waals surface area contributed by atoms with E-state index in [9.17, 15) is 4.21 Å². The van der Waals surface area contributed by atoms with Crippen LogP contribution in [-0.4, -0.2) is 9.96 Å². The second kappa shape index (κ2) is 6.67. The van der Waals surface area contributed by atoms with Crippen LogP contribution < -0.4 is 4.72 Å². The highest BCUT2D eigenvalue weighted by molar-refractivity contribution is 7.83. The Labute approximate surface area is 112 Å². The van der Waals surface area contributed by atoms with Crippen molar-refractivity contribution < 1.29 is 4.21 Å². The molecule has 2 atom stereocenters. The van der Waals surface area contributed by atoms with Crippen LogP contribution >= 0.6 is 0 Å². The van der Waals surface area contributed by atoms with Gasteiger partial charge in [-0.1, -0.05) is 19.9 Å². The van der Waals surface area contributed by atoms with Crippen LogP contribution in [0.15, 0.2) is 18.2 Å². The van der Waals surface area contributed by atoms with Gasteiger partial charge in [0.2, 0.25) is 0 Å². The second-order valence-corrected chi connectivity index (χ2v) is 6.25. The molecule has 18 heavy (non-hydrogen) atoms. The van der Waals surface area contributed by atoms with Crippen molar-refractivity contribution in [3.8, 4) is 6.07 Å². The van der Waals surface area contributed by atoms with Gasteiger partial charge in [-0.25, -0.2) is 8.93 Å². The Morgan fingerprint density at radius 3 is 2.56 bits per heavy atom. The first-order valence-corrected chi connectivity index (χ1v) is 7.40. The Bertz CT molecular complexity index is 477. The van der Waals surface area contributed by atoms with Gasteiger partial charge in [-0.15, -0.1) is 0 Å². The third-order valence-electron chi connectivity index (χ3n) is 2.52. The highest BCUT2D eigenvalue weighted by Crippen LogP contribution is 2.17. The molecule has 1 aromatic carbocycles. The topological polar surface area (TPSA) is 52.9 Å². The van der Waals surface area contributed by atoms with Crippen molar-refractivity contribution in [2.24, 2.45) is 5.92 Å². The van der Waals surface area contributed by atoms with Gasteiger partial charge in [0.05, 0.1) is 22.6 Å². The maximum absolute atomic E-state index is 11.8. The molecule has 4 heteroatoms. The van der Waals surface area contributed by atoms with Gasteiger partial charge in [0, 0.05) is 11.8 Å². The molecule has 0 aliphatic heterocycles. The van der Waals surface area contributed by atoms with E-state index in [1.165, 1.54) is 0 Å². The van der Waals surface area contributed by atoms with Crippen molar-refractivity contribution in [3.63, 3.8) is 0 Å². The number of aryl methyl sites for hydroxylation is 1. The molecule has 0 saturated carbocycles.